The minimum absolute atomic E-state index is 0.0739. The predicted molar refractivity (Wildman–Crippen MR) is 67.2 cm³/mol. The summed E-state index contributed by atoms with van der Waals surface area (Å²) in [6.07, 6.45) is -3.12. The molecule has 1 unspecified atom stereocenters. The summed E-state index contributed by atoms with van der Waals surface area (Å²) in [6.45, 7) is 0.860. The molecule has 1 rings (SSSR count). The predicted octanol–water partition coefficient (Wildman–Crippen LogP) is 2.53. The Kier molecular flexibility index (Phi) is 5.84. The van der Waals surface area contributed by atoms with Gasteiger partial charge >= 0.3 is 6.18 Å². The standard InChI is InChI=1S/C11H15ClF3N3O/c1-19-6-8(16)2-3-17-10-9(12)4-7(5-18-10)11(13,14)15/h4-5,8H,2-3,6,16H2,1H3,(H,17,18). The van der Waals surface area contributed by atoms with Crippen molar-refractivity contribution >= 4 is 17.4 Å². The lowest BCUT2D eigenvalue weighted by molar-refractivity contribution is -0.137. The molecule has 0 fully saturated rings. The normalized spacial score (nSPS) is 13.4. The number of methoxy groups -OCH3 is 1. The maximum Gasteiger partial charge on any atom is 0.417 e. The molecule has 1 aromatic rings. The molecule has 0 saturated heterocycles. The van der Waals surface area contributed by atoms with Gasteiger partial charge in [-0.1, -0.05) is 11.6 Å². The van der Waals surface area contributed by atoms with E-state index in [0.717, 1.165) is 12.3 Å². The fourth-order valence-electron chi connectivity index (χ4n) is 1.40. The first kappa shape index (κ1) is 16.0. The van der Waals surface area contributed by atoms with Crippen molar-refractivity contribution in [3.63, 3.8) is 0 Å². The van der Waals surface area contributed by atoms with E-state index >= 15 is 0 Å². The Morgan fingerprint density at radius 2 is 2.21 bits per heavy atom. The number of anilines is 1. The van der Waals surface area contributed by atoms with Crippen molar-refractivity contribution in [1.82, 2.24) is 4.98 Å². The van der Waals surface area contributed by atoms with Crippen LogP contribution in [-0.4, -0.2) is 31.3 Å². The molecule has 19 heavy (non-hydrogen) atoms. The van der Waals surface area contributed by atoms with Crippen molar-refractivity contribution in [2.24, 2.45) is 5.73 Å². The third-order valence-corrected chi connectivity index (χ3v) is 2.64. The van der Waals surface area contributed by atoms with Gasteiger partial charge in [0.15, 0.2) is 0 Å². The first-order valence-corrected chi connectivity index (χ1v) is 5.93. The zero-order chi connectivity index (χ0) is 14.5. The van der Waals surface area contributed by atoms with Crippen molar-refractivity contribution in [2.45, 2.75) is 18.6 Å². The lowest BCUT2D eigenvalue weighted by atomic mass is 10.2. The Morgan fingerprint density at radius 1 is 1.53 bits per heavy atom. The summed E-state index contributed by atoms with van der Waals surface area (Å²) < 4.78 is 42.0. The summed E-state index contributed by atoms with van der Waals surface area (Å²) in [5.74, 6) is 0.208. The summed E-state index contributed by atoms with van der Waals surface area (Å²) in [6, 6.07) is 0.692. The number of hydrogen-bond acceptors (Lipinski definition) is 4. The Morgan fingerprint density at radius 3 is 2.74 bits per heavy atom. The Bertz CT molecular complexity index is 415. The highest BCUT2D eigenvalue weighted by atomic mass is 35.5. The van der Waals surface area contributed by atoms with Crippen LogP contribution in [0.25, 0.3) is 0 Å². The van der Waals surface area contributed by atoms with Crippen LogP contribution in [0.3, 0.4) is 0 Å². The summed E-state index contributed by atoms with van der Waals surface area (Å²) in [4.78, 5) is 3.65. The lowest BCUT2D eigenvalue weighted by Gasteiger charge is -2.13. The number of hydrogen-bond donors (Lipinski definition) is 2. The molecule has 0 aliphatic carbocycles. The molecule has 1 aromatic heterocycles. The van der Waals surface area contributed by atoms with Gasteiger partial charge in [0, 0.05) is 25.9 Å². The molecule has 0 saturated carbocycles. The van der Waals surface area contributed by atoms with Crippen molar-refractivity contribution < 1.29 is 17.9 Å². The van der Waals surface area contributed by atoms with Crippen LogP contribution in [0.1, 0.15) is 12.0 Å². The van der Waals surface area contributed by atoms with Crippen LogP contribution in [-0.2, 0) is 10.9 Å². The first-order valence-electron chi connectivity index (χ1n) is 5.55. The highest BCUT2D eigenvalue weighted by Crippen LogP contribution is 2.32. The molecular weight excluding hydrogens is 283 g/mol. The first-order chi connectivity index (χ1) is 8.84. The van der Waals surface area contributed by atoms with Gasteiger partial charge in [0.25, 0.3) is 0 Å². The third kappa shape index (κ3) is 5.22. The van der Waals surface area contributed by atoms with Crippen LogP contribution >= 0.6 is 11.6 Å². The highest BCUT2D eigenvalue weighted by Gasteiger charge is 2.31. The number of nitrogens with one attached hydrogen (secondary N) is 1. The zero-order valence-corrected chi connectivity index (χ0v) is 11.1. The van der Waals surface area contributed by atoms with Gasteiger partial charge in [-0.3, -0.25) is 0 Å². The van der Waals surface area contributed by atoms with Crippen LogP contribution in [0, 0.1) is 0 Å². The molecule has 0 radical (unpaired) electrons. The Labute approximate surface area is 114 Å². The number of rotatable bonds is 6. The monoisotopic (exact) mass is 297 g/mol. The minimum Gasteiger partial charge on any atom is -0.383 e. The van der Waals surface area contributed by atoms with Gasteiger partial charge in [0.05, 0.1) is 17.2 Å². The quantitative estimate of drug-likeness (QED) is 0.847. The molecule has 1 heterocycles. The van der Waals surface area contributed by atoms with Crippen LogP contribution in [0.5, 0.6) is 0 Å². The molecule has 0 aliphatic heterocycles. The maximum atomic E-state index is 12.4. The van der Waals surface area contributed by atoms with Gasteiger partial charge in [-0.2, -0.15) is 13.2 Å². The van der Waals surface area contributed by atoms with E-state index in [0.29, 0.717) is 19.6 Å². The molecular formula is C11H15ClF3N3O. The second-order valence-electron chi connectivity index (χ2n) is 3.98. The molecule has 0 aromatic carbocycles. The second kappa shape index (κ2) is 6.93. The highest BCUT2D eigenvalue weighted by molar-refractivity contribution is 6.32. The van der Waals surface area contributed by atoms with E-state index in [4.69, 9.17) is 22.1 Å². The van der Waals surface area contributed by atoms with Gasteiger partial charge in [0.2, 0.25) is 0 Å². The molecule has 1 atom stereocenters. The zero-order valence-electron chi connectivity index (χ0n) is 10.3. The molecule has 0 amide bonds. The smallest absolute Gasteiger partial charge is 0.383 e. The van der Waals surface area contributed by atoms with E-state index in [9.17, 15) is 13.2 Å². The van der Waals surface area contributed by atoms with Gasteiger partial charge in [-0.05, 0) is 12.5 Å². The molecule has 3 N–H and O–H groups in total. The number of halogens is 4. The van der Waals surface area contributed by atoms with E-state index in [1.165, 1.54) is 0 Å². The molecule has 8 heteroatoms. The SMILES string of the molecule is COCC(N)CCNc1ncc(C(F)(F)F)cc1Cl. The summed E-state index contributed by atoms with van der Waals surface area (Å²) in [7, 11) is 1.54. The van der Waals surface area contributed by atoms with Crippen LogP contribution < -0.4 is 11.1 Å². The molecule has 0 aliphatic rings. The number of aromatic nitrogens is 1. The summed E-state index contributed by atoms with van der Waals surface area (Å²) in [5, 5.41) is 2.76. The average molecular weight is 298 g/mol. The molecule has 0 bridgehead atoms. The van der Waals surface area contributed by atoms with E-state index in [-0.39, 0.29) is 16.9 Å². The second-order valence-corrected chi connectivity index (χ2v) is 4.39. The third-order valence-electron chi connectivity index (χ3n) is 2.36. The fourth-order valence-corrected chi connectivity index (χ4v) is 1.63. The van der Waals surface area contributed by atoms with Crippen molar-refractivity contribution in [3.05, 3.63) is 22.8 Å². The number of alkyl halides is 3. The van der Waals surface area contributed by atoms with Gasteiger partial charge < -0.3 is 15.8 Å². The van der Waals surface area contributed by atoms with E-state index in [1.54, 1.807) is 7.11 Å². The van der Waals surface area contributed by atoms with Crippen LogP contribution in [0.15, 0.2) is 12.3 Å². The fraction of sp³-hybridized carbons (Fsp3) is 0.545. The van der Waals surface area contributed by atoms with Crippen LogP contribution in [0.4, 0.5) is 19.0 Å². The van der Waals surface area contributed by atoms with E-state index in [2.05, 4.69) is 10.3 Å². The van der Waals surface area contributed by atoms with Gasteiger partial charge in [-0.25, -0.2) is 4.98 Å². The molecule has 108 valence electrons. The average Bonchev–Trinajstić information content (AvgIpc) is 2.30. The van der Waals surface area contributed by atoms with E-state index < -0.39 is 11.7 Å². The number of ether oxygens (including phenoxy) is 1. The van der Waals surface area contributed by atoms with Gasteiger partial charge in [0.1, 0.15) is 5.82 Å². The minimum atomic E-state index is -4.45. The summed E-state index contributed by atoms with van der Waals surface area (Å²) in [5.41, 5.74) is 4.82. The Hall–Kier alpha value is -1.05. The number of pyridine rings is 1. The summed E-state index contributed by atoms with van der Waals surface area (Å²) >= 11 is 5.73. The van der Waals surface area contributed by atoms with E-state index in [1.807, 2.05) is 0 Å². The molecule has 4 nitrogen and oxygen atoms in total. The lowest BCUT2D eigenvalue weighted by Crippen LogP contribution is -2.28. The van der Waals surface area contributed by atoms with Crippen molar-refractivity contribution in [3.8, 4) is 0 Å². The van der Waals surface area contributed by atoms with Crippen LogP contribution in [0.2, 0.25) is 5.02 Å². The van der Waals surface area contributed by atoms with Gasteiger partial charge in [-0.15, -0.1) is 0 Å². The number of nitrogens with two attached hydrogens (primary N) is 1. The molecule has 0 spiro atoms. The maximum absolute atomic E-state index is 12.4. The topological polar surface area (TPSA) is 60.2 Å². The Balaban J connectivity index is 2.56. The largest absolute Gasteiger partial charge is 0.417 e. The van der Waals surface area contributed by atoms with Crippen molar-refractivity contribution in [1.29, 1.82) is 0 Å². The van der Waals surface area contributed by atoms with Crippen molar-refractivity contribution in [2.75, 3.05) is 25.6 Å². The number of nitrogens with zero attached hydrogens (tertiary/aromatic N) is 1.